The Morgan fingerprint density at radius 2 is 2.45 bits per heavy atom. The molecular formula is C7H6N2O2. The van der Waals surface area contributed by atoms with Crippen LogP contribution in [-0.4, -0.2) is 12.1 Å². The lowest BCUT2D eigenvalue weighted by Gasteiger charge is -1.98. The van der Waals surface area contributed by atoms with Gasteiger partial charge in [0.15, 0.2) is 5.56 Å². The summed E-state index contributed by atoms with van der Waals surface area (Å²) in [6, 6.07) is 3.02. The predicted molar refractivity (Wildman–Crippen MR) is 38.3 cm³/mol. The van der Waals surface area contributed by atoms with Crippen molar-refractivity contribution in [3.63, 3.8) is 0 Å². The monoisotopic (exact) mass is 150 g/mol. The summed E-state index contributed by atoms with van der Waals surface area (Å²) in [5, 5.41) is 8.48. The average Bonchev–Trinajstić information content (AvgIpc) is 2.04. The minimum Gasteiger partial charge on any atom is -0.481 e. The van der Waals surface area contributed by atoms with E-state index in [1.54, 1.807) is 6.07 Å². The lowest BCUT2D eigenvalue weighted by molar-refractivity contribution is 0.396. The molecule has 0 bridgehead atoms. The Bertz CT molecular complexity index is 348. The van der Waals surface area contributed by atoms with Gasteiger partial charge in [-0.3, -0.25) is 4.79 Å². The second kappa shape index (κ2) is 2.88. The second-order valence-electron chi connectivity index (χ2n) is 1.86. The van der Waals surface area contributed by atoms with Crippen molar-refractivity contribution in [2.45, 2.75) is 0 Å². The van der Waals surface area contributed by atoms with Crippen molar-refractivity contribution in [3.8, 4) is 11.9 Å². The van der Waals surface area contributed by atoms with Crippen LogP contribution in [0.25, 0.3) is 0 Å². The van der Waals surface area contributed by atoms with Gasteiger partial charge in [0, 0.05) is 12.3 Å². The summed E-state index contributed by atoms with van der Waals surface area (Å²) in [6.45, 7) is 0. The normalized spacial score (nSPS) is 8.73. The Hall–Kier alpha value is -1.76. The van der Waals surface area contributed by atoms with Gasteiger partial charge in [-0.05, 0) is 0 Å². The third-order valence-electron chi connectivity index (χ3n) is 1.24. The van der Waals surface area contributed by atoms with Crippen LogP contribution in [0.4, 0.5) is 0 Å². The van der Waals surface area contributed by atoms with E-state index in [1.165, 1.54) is 19.4 Å². The highest BCUT2D eigenvalue weighted by Gasteiger charge is 2.04. The molecule has 1 N–H and O–H groups in total. The number of nitrogens with zero attached hydrogens (tertiary/aromatic N) is 1. The van der Waals surface area contributed by atoms with Gasteiger partial charge < -0.3 is 9.72 Å². The molecule has 0 saturated heterocycles. The number of rotatable bonds is 1. The van der Waals surface area contributed by atoms with Crippen LogP contribution in [0.1, 0.15) is 5.56 Å². The quantitative estimate of drug-likeness (QED) is 0.624. The highest BCUT2D eigenvalue weighted by molar-refractivity contribution is 5.36. The molecule has 0 amide bonds. The van der Waals surface area contributed by atoms with Crippen molar-refractivity contribution in [1.82, 2.24) is 4.98 Å². The number of hydrogen-bond donors (Lipinski definition) is 1. The fourth-order valence-corrected chi connectivity index (χ4v) is 0.727. The van der Waals surface area contributed by atoms with Crippen LogP contribution in [0, 0.1) is 11.3 Å². The number of methoxy groups -OCH3 is 1. The number of pyridine rings is 1. The van der Waals surface area contributed by atoms with Crippen LogP contribution in [-0.2, 0) is 0 Å². The summed E-state index contributed by atoms with van der Waals surface area (Å²) in [5.74, 6) is 0.208. The van der Waals surface area contributed by atoms with Crippen molar-refractivity contribution in [2.75, 3.05) is 7.11 Å². The third-order valence-corrected chi connectivity index (χ3v) is 1.24. The van der Waals surface area contributed by atoms with E-state index in [4.69, 9.17) is 10.00 Å². The molecule has 4 nitrogen and oxygen atoms in total. The zero-order valence-corrected chi connectivity index (χ0v) is 5.92. The number of aromatic amines is 1. The summed E-state index contributed by atoms with van der Waals surface area (Å²) in [4.78, 5) is 13.5. The summed E-state index contributed by atoms with van der Waals surface area (Å²) >= 11 is 0. The minimum atomic E-state index is -0.330. The molecule has 1 heterocycles. The van der Waals surface area contributed by atoms with Gasteiger partial charge in [-0.25, -0.2) is 0 Å². The predicted octanol–water partition coefficient (Wildman–Crippen LogP) is 0.255. The Labute approximate surface area is 63.0 Å². The molecule has 0 radical (unpaired) electrons. The van der Waals surface area contributed by atoms with Gasteiger partial charge >= 0.3 is 0 Å². The van der Waals surface area contributed by atoms with Crippen LogP contribution in [0.2, 0.25) is 0 Å². The topological polar surface area (TPSA) is 65.9 Å². The van der Waals surface area contributed by atoms with E-state index in [9.17, 15) is 4.79 Å². The smallest absolute Gasteiger partial charge is 0.212 e. The van der Waals surface area contributed by atoms with E-state index in [-0.39, 0.29) is 16.9 Å². The average molecular weight is 150 g/mol. The van der Waals surface area contributed by atoms with Gasteiger partial charge in [0.25, 0.3) is 0 Å². The molecule has 0 saturated carbocycles. The van der Waals surface area contributed by atoms with E-state index in [2.05, 4.69) is 4.98 Å². The maximum Gasteiger partial charge on any atom is 0.212 e. The first-order chi connectivity index (χ1) is 5.29. The standard InChI is InChI=1S/C7H6N2O2/c1-11-7-5(4-8)6(10)2-3-9-7/h2-3H,1H3,(H,9,10). The first-order valence-electron chi connectivity index (χ1n) is 2.95. The van der Waals surface area contributed by atoms with E-state index in [0.717, 1.165) is 0 Å². The van der Waals surface area contributed by atoms with Crippen LogP contribution in [0.15, 0.2) is 17.1 Å². The van der Waals surface area contributed by atoms with Gasteiger partial charge in [0.1, 0.15) is 6.07 Å². The number of nitrogens with one attached hydrogen (secondary N) is 1. The Morgan fingerprint density at radius 3 is 2.91 bits per heavy atom. The van der Waals surface area contributed by atoms with Gasteiger partial charge in [0.05, 0.1) is 7.11 Å². The Kier molecular flexibility index (Phi) is 1.93. The Balaban J connectivity index is 3.40. The highest BCUT2D eigenvalue weighted by Crippen LogP contribution is 2.06. The first kappa shape index (κ1) is 7.35. The minimum absolute atomic E-state index is 0.00926. The van der Waals surface area contributed by atoms with Crippen molar-refractivity contribution in [1.29, 1.82) is 5.26 Å². The number of ether oxygens (including phenoxy) is 1. The molecule has 0 aliphatic rings. The molecule has 56 valence electrons. The van der Waals surface area contributed by atoms with E-state index < -0.39 is 0 Å². The molecule has 0 aromatic carbocycles. The van der Waals surface area contributed by atoms with E-state index >= 15 is 0 Å². The maximum atomic E-state index is 10.9. The van der Waals surface area contributed by atoms with Gasteiger partial charge in [0.2, 0.25) is 11.3 Å². The number of H-pyrrole nitrogens is 1. The molecule has 0 aliphatic carbocycles. The maximum absolute atomic E-state index is 10.9. The molecule has 0 unspecified atom stereocenters. The second-order valence-corrected chi connectivity index (χ2v) is 1.86. The highest BCUT2D eigenvalue weighted by atomic mass is 16.5. The summed E-state index contributed by atoms with van der Waals surface area (Å²) in [5.41, 5.74) is -0.321. The van der Waals surface area contributed by atoms with E-state index in [1.807, 2.05) is 0 Å². The van der Waals surface area contributed by atoms with Gasteiger partial charge in [-0.1, -0.05) is 0 Å². The fraction of sp³-hybridized carbons (Fsp3) is 0.143. The molecule has 0 aliphatic heterocycles. The summed E-state index contributed by atoms with van der Waals surface area (Å²) < 4.78 is 4.74. The molecule has 1 aromatic heterocycles. The molecule has 4 heteroatoms. The van der Waals surface area contributed by atoms with Crippen LogP contribution in [0.5, 0.6) is 5.88 Å². The molecule has 1 aromatic rings. The zero-order chi connectivity index (χ0) is 8.27. The molecule has 1 rings (SSSR count). The lowest BCUT2D eigenvalue weighted by atomic mass is 10.3. The molecule has 0 fully saturated rings. The van der Waals surface area contributed by atoms with Gasteiger partial charge in [-0.15, -0.1) is 0 Å². The number of aromatic nitrogens is 1. The molecular weight excluding hydrogens is 144 g/mol. The zero-order valence-electron chi connectivity index (χ0n) is 5.92. The van der Waals surface area contributed by atoms with Crippen LogP contribution in [0.3, 0.4) is 0 Å². The molecule has 0 spiro atoms. The van der Waals surface area contributed by atoms with Crippen molar-refractivity contribution in [3.05, 3.63) is 28.0 Å². The SMILES string of the molecule is COc1[nH]ccc(=O)c1C#N. The van der Waals surface area contributed by atoms with Crippen LogP contribution >= 0.6 is 0 Å². The van der Waals surface area contributed by atoms with Crippen LogP contribution < -0.4 is 10.2 Å². The number of hydrogen-bond acceptors (Lipinski definition) is 3. The fourth-order valence-electron chi connectivity index (χ4n) is 0.727. The third kappa shape index (κ3) is 1.22. The first-order valence-corrected chi connectivity index (χ1v) is 2.95. The lowest BCUT2D eigenvalue weighted by Crippen LogP contribution is -2.06. The van der Waals surface area contributed by atoms with Gasteiger partial charge in [-0.2, -0.15) is 5.26 Å². The largest absolute Gasteiger partial charge is 0.481 e. The molecule has 0 atom stereocenters. The summed E-state index contributed by atoms with van der Waals surface area (Å²) in [7, 11) is 1.39. The Morgan fingerprint density at radius 1 is 1.73 bits per heavy atom. The van der Waals surface area contributed by atoms with Crippen molar-refractivity contribution >= 4 is 0 Å². The summed E-state index contributed by atoms with van der Waals surface area (Å²) in [6.07, 6.45) is 1.43. The number of nitriles is 1. The van der Waals surface area contributed by atoms with Crippen molar-refractivity contribution in [2.24, 2.45) is 0 Å². The van der Waals surface area contributed by atoms with Crippen molar-refractivity contribution < 1.29 is 4.74 Å². The van der Waals surface area contributed by atoms with E-state index in [0.29, 0.717) is 0 Å². The molecule has 11 heavy (non-hydrogen) atoms.